The van der Waals surface area contributed by atoms with Crippen LogP contribution < -0.4 is 20.7 Å². The van der Waals surface area contributed by atoms with E-state index >= 15 is 0 Å². The van der Waals surface area contributed by atoms with E-state index in [9.17, 15) is 14.0 Å². The molecule has 2 rings (SSSR count). The Morgan fingerprint density at radius 3 is 2.59 bits per heavy atom. The van der Waals surface area contributed by atoms with Gasteiger partial charge in [0, 0.05) is 23.5 Å². The Morgan fingerprint density at radius 2 is 1.93 bits per heavy atom. The summed E-state index contributed by atoms with van der Waals surface area (Å²) in [5, 5.41) is 7.61. The fourth-order valence-electron chi connectivity index (χ4n) is 2.11. The van der Waals surface area contributed by atoms with E-state index in [4.69, 9.17) is 4.74 Å². The lowest BCUT2D eigenvalue weighted by atomic mass is 10.3. The van der Waals surface area contributed by atoms with Crippen molar-refractivity contribution in [3.63, 3.8) is 0 Å². The second-order valence-electron chi connectivity index (χ2n) is 5.74. The van der Waals surface area contributed by atoms with Gasteiger partial charge in [0.05, 0.1) is 25.5 Å². The highest BCUT2D eigenvalue weighted by Crippen LogP contribution is 2.21. The molecule has 9 heteroatoms. The van der Waals surface area contributed by atoms with Gasteiger partial charge in [0.2, 0.25) is 0 Å². The molecule has 1 aromatic carbocycles. The first kappa shape index (κ1) is 20.0. The standard InChI is InChI=1S/C18H21FN4O4/c1-11-4-5-14(10-20-11)22-17(24)23-15-6-13(19)7-16(8-15)27-12(2)9-21-18(25)26-3/h4-8,10,12H,9H2,1-3H3,(H,21,25)(H2,22,23,24)/t12-/m0/s1. The Morgan fingerprint density at radius 1 is 1.19 bits per heavy atom. The first-order valence-corrected chi connectivity index (χ1v) is 8.15. The Kier molecular flexibility index (Phi) is 6.93. The van der Waals surface area contributed by atoms with Gasteiger partial charge < -0.3 is 25.4 Å². The molecule has 1 atom stereocenters. The van der Waals surface area contributed by atoms with E-state index < -0.39 is 24.0 Å². The Balaban J connectivity index is 1.96. The van der Waals surface area contributed by atoms with Gasteiger partial charge in [-0.1, -0.05) is 0 Å². The zero-order chi connectivity index (χ0) is 19.8. The predicted molar refractivity (Wildman–Crippen MR) is 98.5 cm³/mol. The van der Waals surface area contributed by atoms with Crippen molar-refractivity contribution in [2.45, 2.75) is 20.0 Å². The second kappa shape index (κ2) is 9.37. The summed E-state index contributed by atoms with van der Waals surface area (Å²) in [7, 11) is 1.25. The Labute approximate surface area is 156 Å². The van der Waals surface area contributed by atoms with Gasteiger partial charge in [0.25, 0.3) is 0 Å². The van der Waals surface area contributed by atoms with E-state index in [-0.39, 0.29) is 18.0 Å². The number of alkyl carbamates (subject to hydrolysis) is 1. The number of carbonyl (C=O) groups is 2. The summed E-state index contributed by atoms with van der Waals surface area (Å²) in [4.78, 5) is 27.2. The number of aromatic nitrogens is 1. The lowest BCUT2D eigenvalue weighted by Crippen LogP contribution is -2.33. The molecule has 3 N–H and O–H groups in total. The number of urea groups is 1. The Bertz CT molecular complexity index is 798. The van der Waals surface area contributed by atoms with Crippen molar-refractivity contribution in [2.24, 2.45) is 0 Å². The van der Waals surface area contributed by atoms with Crippen LogP contribution in [0.5, 0.6) is 5.75 Å². The molecule has 0 radical (unpaired) electrons. The number of rotatable bonds is 6. The largest absolute Gasteiger partial charge is 0.489 e. The number of ether oxygens (including phenoxy) is 2. The highest BCUT2D eigenvalue weighted by atomic mass is 19.1. The summed E-state index contributed by atoms with van der Waals surface area (Å²) in [6, 6.07) is 6.74. The maximum Gasteiger partial charge on any atom is 0.406 e. The van der Waals surface area contributed by atoms with Gasteiger partial charge in [-0.25, -0.2) is 14.0 Å². The van der Waals surface area contributed by atoms with E-state index in [0.29, 0.717) is 5.69 Å². The van der Waals surface area contributed by atoms with Crippen LogP contribution in [-0.4, -0.2) is 36.9 Å². The number of aryl methyl sites for hydroxylation is 1. The number of anilines is 2. The third-order valence-electron chi connectivity index (χ3n) is 3.35. The molecule has 0 spiro atoms. The van der Waals surface area contributed by atoms with Gasteiger partial charge in [-0.15, -0.1) is 0 Å². The van der Waals surface area contributed by atoms with Crippen LogP contribution in [0.4, 0.5) is 25.4 Å². The van der Waals surface area contributed by atoms with Crippen LogP contribution in [0.1, 0.15) is 12.6 Å². The molecule has 0 fully saturated rings. The molecular formula is C18H21FN4O4. The quantitative estimate of drug-likeness (QED) is 0.718. The zero-order valence-corrected chi connectivity index (χ0v) is 15.2. The first-order chi connectivity index (χ1) is 12.9. The van der Waals surface area contributed by atoms with Crippen LogP contribution in [-0.2, 0) is 4.74 Å². The summed E-state index contributed by atoms with van der Waals surface area (Å²) in [5.74, 6) is -0.366. The second-order valence-corrected chi connectivity index (χ2v) is 5.74. The molecule has 27 heavy (non-hydrogen) atoms. The monoisotopic (exact) mass is 376 g/mol. The molecular weight excluding hydrogens is 355 g/mol. The van der Waals surface area contributed by atoms with Crippen LogP contribution in [0.25, 0.3) is 0 Å². The molecule has 1 heterocycles. The fraction of sp³-hybridized carbons (Fsp3) is 0.278. The van der Waals surface area contributed by atoms with Crippen LogP contribution in [0, 0.1) is 12.7 Å². The molecule has 144 valence electrons. The number of methoxy groups -OCH3 is 1. The summed E-state index contributed by atoms with van der Waals surface area (Å²) >= 11 is 0. The minimum absolute atomic E-state index is 0.173. The minimum Gasteiger partial charge on any atom is -0.489 e. The molecule has 0 aliphatic carbocycles. The average Bonchev–Trinajstić information content (AvgIpc) is 2.61. The number of nitrogens with one attached hydrogen (secondary N) is 3. The van der Waals surface area contributed by atoms with Gasteiger partial charge in [0.15, 0.2) is 0 Å². The summed E-state index contributed by atoms with van der Waals surface area (Å²) in [5.41, 5.74) is 1.55. The summed E-state index contributed by atoms with van der Waals surface area (Å²) in [6.07, 6.45) is 0.492. The number of pyridine rings is 1. The van der Waals surface area contributed by atoms with Gasteiger partial charge in [0.1, 0.15) is 17.7 Å². The van der Waals surface area contributed by atoms with E-state index in [1.54, 1.807) is 19.1 Å². The maximum atomic E-state index is 13.8. The highest BCUT2D eigenvalue weighted by molar-refractivity contribution is 5.99. The number of halogens is 1. The molecule has 0 aliphatic heterocycles. The maximum absolute atomic E-state index is 13.8. The first-order valence-electron chi connectivity index (χ1n) is 8.15. The normalized spacial score (nSPS) is 11.3. The number of amides is 3. The Hall–Kier alpha value is -3.36. The van der Waals surface area contributed by atoms with Crippen LogP contribution in [0.3, 0.4) is 0 Å². The molecule has 0 saturated carbocycles. The molecule has 1 aromatic heterocycles. The van der Waals surface area contributed by atoms with Crippen LogP contribution in [0.15, 0.2) is 36.5 Å². The molecule has 0 saturated heterocycles. The third-order valence-corrected chi connectivity index (χ3v) is 3.35. The summed E-state index contributed by atoms with van der Waals surface area (Å²) < 4.78 is 23.8. The van der Waals surface area contributed by atoms with E-state index in [0.717, 1.165) is 11.8 Å². The van der Waals surface area contributed by atoms with Crippen molar-refractivity contribution in [3.05, 3.63) is 48.0 Å². The lowest BCUT2D eigenvalue weighted by molar-refractivity contribution is 0.160. The smallest absolute Gasteiger partial charge is 0.406 e. The molecule has 0 unspecified atom stereocenters. The summed E-state index contributed by atoms with van der Waals surface area (Å²) in [6.45, 7) is 3.71. The van der Waals surface area contributed by atoms with Gasteiger partial charge in [-0.3, -0.25) is 4.98 Å². The predicted octanol–water partition coefficient (Wildman–Crippen LogP) is 3.30. The number of benzene rings is 1. The SMILES string of the molecule is COC(=O)NC[C@H](C)Oc1cc(F)cc(NC(=O)Nc2ccc(C)nc2)c1. The van der Waals surface area contributed by atoms with Crippen molar-refractivity contribution in [1.29, 1.82) is 0 Å². The van der Waals surface area contributed by atoms with Crippen molar-refractivity contribution in [3.8, 4) is 5.75 Å². The molecule has 0 aliphatic rings. The van der Waals surface area contributed by atoms with Gasteiger partial charge in [-0.05, 0) is 32.0 Å². The number of hydrogen-bond donors (Lipinski definition) is 3. The van der Waals surface area contributed by atoms with Crippen molar-refractivity contribution in [1.82, 2.24) is 10.3 Å². The van der Waals surface area contributed by atoms with Gasteiger partial charge in [-0.2, -0.15) is 0 Å². The fourth-order valence-corrected chi connectivity index (χ4v) is 2.11. The minimum atomic E-state index is -0.589. The van der Waals surface area contributed by atoms with Crippen LogP contribution >= 0.6 is 0 Å². The van der Waals surface area contributed by atoms with E-state index in [2.05, 4.69) is 25.7 Å². The number of carbonyl (C=O) groups excluding carboxylic acids is 2. The van der Waals surface area contributed by atoms with E-state index in [1.807, 2.05) is 6.92 Å². The van der Waals surface area contributed by atoms with Crippen molar-refractivity contribution >= 4 is 23.5 Å². The topological polar surface area (TPSA) is 102 Å². The molecule has 2 aromatic rings. The number of hydrogen-bond acceptors (Lipinski definition) is 5. The highest BCUT2D eigenvalue weighted by Gasteiger charge is 2.10. The molecule has 8 nitrogen and oxygen atoms in total. The van der Waals surface area contributed by atoms with E-state index in [1.165, 1.54) is 25.4 Å². The van der Waals surface area contributed by atoms with Crippen molar-refractivity contribution in [2.75, 3.05) is 24.3 Å². The third kappa shape index (κ3) is 6.81. The number of nitrogens with zero attached hydrogens (tertiary/aromatic N) is 1. The molecule has 0 bridgehead atoms. The van der Waals surface area contributed by atoms with Crippen LogP contribution in [0.2, 0.25) is 0 Å². The van der Waals surface area contributed by atoms with Gasteiger partial charge >= 0.3 is 12.1 Å². The zero-order valence-electron chi connectivity index (χ0n) is 15.2. The van der Waals surface area contributed by atoms with Crippen molar-refractivity contribution < 1.29 is 23.5 Å². The lowest BCUT2D eigenvalue weighted by Gasteiger charge is -2.16. The average molecular weight is 376 g/mol. The molecule has 3 amide bonds.